The third-order valence-corrected chi connectivity index (χ3v) is 7.31. The molecule has 0 nitrogen and oxygen atoms in total. The Morgan fingerprint density at radius 3 is 2.30 bits per heavy atom. The van der Waals surface area contributed by atoms with Crippen molar-refractivity contribution in [3.63, 3.8) is 0 Å². The fraction of sp³-hybridized carbons (Fsp3) is 0.600. The molecular formula is C30H44. The highest BCUT2D eigenvalue weighted by Crippen LogP contribution is 2.45. The van der Waals surface area contributed by atoms with Crippen LogP contribution in [0.4, 0.5) is 0 Å². The van der Waals surface area contributed by atoms with Gasteiger partial charge in [-0.25, -0.2) is 0 Å². The minimum absolute atomic E-state index is 0.778. The van der Waals surface area contributed by atoms with E-state index >= 15 is 0 Å². The van der Waals surface area contributed by atoms with Gasteiger partial charge < -0.3 is 0 Å². The van der Waals surface area contributed by atoms with Crippen LogP contribution >= 0.6 is 0 Å². The Hall–Kier alpha value is -1.74. The molecule has 0 saturated heterocycles. The van der Waals surface area contributed by atoms with Crippen molar-refractivity contribution in [3.05, 3.63) is 58.7 Å². The Morgan fingerprint density at radius 2 is 1.50 bits per heavy atom. The lowest BCUT2D eigenvalue weighted by molar-refractivity contribution is 0.199. The number of hydrogen-bond donors (Lipinski definition) is 0. The van der Waals surface area contributed by atoms with E-state index in [2.05, 4.69) is 70.0 Å². The van der Waals surface area contributed by atoms with Crippen molar-refractivity contribution in [2.75, 3.05) is 0 Å². The molecule has 3 unspecified atom stereocenters. The minimum Gasteiger partial charge on any atom is -0.124 e. The average Bonchev–Trinajstić information content (AvgIpc) is 2.77. The van der Waals surface area contributed by atoms with Crippen LogP contribution in [-0.4, -0.2) is 0 Å². The smallest absolute Gasteiger partial charge is 0.0128 e. The van der Waals surface area contributed by atoms with Gasteiger partial charge in [0.1, 0.15) is 0 Å². The van der Waals surface area contributed by atoms with Gasteiger partial charge >= 0.3 is 0 Å². The third kappa shape index (κ3) is 7.50. The van der Waals surface area contributed by atoms with Gasteiger partial charge in [0.25, 0.3) is 0 Å². The molecule has 0 aliphatic heterocycles. The van der Waals surface area contributed by atoms with E-state index in [9.17, 15) is 0 Å². The Bertz CT molecular complexity index is 702. The molecule has 0 spiro atoms. The van der Waals surface area contributed by atoms with Crippen molar-refractivity contribution in [3.8, 4) is 12.8 Å². The van der Waals surface area contributed by atoms with E-state index in [1.54, 1.807) is 5.56 Å². The van der Waals surface area contributed by atoms with Crippen LogP contribution in [0.2, 0.25) is 0 Å². The zero-order valence-electron chi connectivity index (χ0n) is 19.8. The van der Waals surface area contributed by atoms with E-state index < -0.39 is 0 Å². The van der Waals surface area contributed by atoms with Gasteiger partial charge in [0.05, 0.1) is 0 Å². The third-order valence-electron chi connectivity index (χ3n) is 7.31. The molecule has 0 N–H and O–H groups in total. The number of terminal acetylenes is 1. The van der Waals surface area contributed by atoms with Crippen LogP contribution in [0.25, 0.3) is 0 Å². The number of allylic oxidation sites excluding steroid dienone is 4. The Morgan fingerprint density at radius 1 is 0.800 bits per heavy atom. The minimum atomic E-state index is 0.778. The molecule has 3 atom stereocenters. The van der Waals surface area contributed by atoms with Gasteiger partial charge in [-0.1, -0.05) is 86.1 Å². The summed E-state index contributed by atoms with van der Waals surface area (Å²) in [7, 11) is 0. The van der Waals surface area contributed by atoms with Gasteiger partial charge in [-0.05, 0) is 88.2 Å². The van der Waals surface area contributed by atoms with Crippen LogP contribution in [-0.2, 0) is 0 Å². The summed E-state index contributed by atoms with van der Waals surface area (Å²) in [5.41, 5.74) is 6.04. The first-order chi connectivity index (χ1) is 14.6. The van der Waals surface area contributed by atoms with Crippen LogP contribution in [0.5, 0.6) is 0 Å². The zero-order chi connectivity index (χ0) is 21.8. The molecule has 0 aromatic heterocycles. The van der Waals surface area contributed by atoms with E-state index in [0.717, 1.165) is 17.8 Å². The monoisotopic (exact) mass is 404 g/mol. The Balaban J connectivity index is 0.00000155. The summed E-state index contributed by atoms with van der Waals surface area (Å²) in [5.74, 6) is 2.50. The summed E-state index contributed by atoms with van der Waals surface area (Å²) in [6, 6.07) is 7.20. The second kappa shape index (κ2) is 13.5. The van der Waals surface area contributed by atoms with Gasteiger partial charge in [-0.2, -0.15) is 0 Å². The summed E-state index contributed by atoms with van der Waals surface area (Å²) >= 11 is 0. The molecule has 3 rings (SSSR count). The highest BCUT2D eigenvalue weighted by molar-refractivity contribution is 5.34. The summed E-state index contributed by atoms with van der Waals surface area (Å²) in [5, 5.41) is 0. The van der Waals surface area contributed by atoms with Crippen molar-refractivity contribution in [1.82, 2.24) is 0 Å². The van der Waals surface area contributed by atoms with Crippen LogP contribution in [0.15, 0.2) is 42.0 Å². The molecule has 0 heteroatoms. The predicted octanol–water partition coefficient (Wildman–Crippen LogP) is 9.08. The first kappa shape index (κ1) is 24.5. The van der Waals surface area contributed by atoms with Gasteiger partial charge in [-0.15, -0.1) is 12.8 Å². The molecule has 0 bridgehead atoms. The maximum atomic E-state index is 4.00. The normalized spacial score (nSPS) is 29.0. The lowest BCUT2D eigenvalue weighted by atomic mass is 9.67. The van der Waals surface area contributed by atoms with Gasteiger partial charge in [0.15, 0.2) is 0 Å². The molecule has 0 heterocycles. The molecule has 164 valence electrons. The molecule has 1 aromatic rings. The lowest BCUT2D eigenvalue weighted by Gasteiger charge is -2.38. The molecule has 1 aromatic carbocycles. The molecule has 30 heavy (non-hydrogen) atoms. The predicted molar refractivity (Wildman–Crippen MR) is 134 cm³/mol. The fourth-order valence-corrected chi connectivity index (χ4v) is 5.77. The van der Waals surface area contributed by atoms with Crippen molar-refractivity contribution in [1.29, 1.82) is 0 Å². The summed E-state index contributed by atoms with van der Waals surface area (Å²) in [4.78, 5) is 0. The molecule has 2 aliphatic carbocycles. The average molecular weight is 405 g/mol. The first-order valence-electron chi connectivity index (χ1n) is 12.4. The van der Waals surface area contributed by atoms with Crippen molar-refractivity contribution in [2.24, 2.45) is 11.8 Å². The van der Waals surface area contributed by atoms with E-state index in [1.807, 2.05) is 0 Å². The van der Waals surface area contributed by atoms with Gasteiger partial charge in [-0.3, -0.25) is 0 Å². The largest absolute Gasteiger partial charge is 0.124 e. The summed E-state index contributed by atoms with van der Waals surface area (Å²) in [6.07, 6.45) is 32.1. The Labute approximate surface area is 187 Å². The van der Waals surface area contributed by atoms with Crippen LogP contribution in [0, 0.1) is 38.5 Å². The lowest BCUT2D eigenvalue weighted by Crippen LogP contribution is -2.26. The van der Waals surface area contributed by atoms with Crippen LogP contribution < -0.4 is 0 Å². The molecule has 1 saturated carbocycles. The zero-order valence-corrected chi connectivity index (χ0v) is 19.8. The van der Waals surface area contributed by atoms with Crippen molar-refractivity contribution in [2.45, 2.75) is 104 Å². The van der Waals surface area contributed by atoms with E-state index in [0.29, 0.717) is 0 Å². The maximum Gasteiger partial charge on any atom is -0.0128 e. The van der Waals surface area contributed by atoms with Gasteiger partial charge in [0, 0.05) is 0 Å². The number of aryl methyl sites for hydroxylation is 2. The first-order valence-corrected chi connectivity index (χ1v) is 12.4. The van der Waals surface area contributed by atoms with Crippen LogP contribution in [0.3, 0.4) is 0 Å². The summed E-state index contributed by atoms with van der Waals surface area (Å²) < 4.78 is 0. The summed E-state index contributed by atoms with van der Waals surface area (Å²) in [6.45, 7) is 6.85. The number of benzene rings is 1. The van der Waals surface area contributed by atoms with E-state index in [-0.39, 0.29) is 0 Å². The molecule has 0 amide bonds. The van der Waals surface area contributed by atoms with Gasteiger partial charge in [0.2, 0.25) is 0 Å². The van der Waals surface area contributed by atoms with Crippen molar-refractivity contribution >= 4 is 0 Å². The standard InChI is InChI=1S/C28H42.C2H2/c1-22-13-8-6-4-5-7-9-15-25(16-12-14-22)27-17-10-11-18-28(27)26-20-19-23(2)21-24(26)3;1-2/h12-14,19-21,25,27-28H,4-11,15-18H2,1-3H3;1-2H/b14-12-,22-13-;. The highest BCUT2D eigenvalue weighted by Gasteiger charge is 2.32. The molecule has 1 fully saturated rings. The fourth-order valence-electron chi connectivity index (χ4n) is 5.77. The van der Waals surface area contributed by atoms with Crippen LogP contribution in [0.1, 0.15) is 107 Å². The Kier molecular flexibility index (Phi) is 11.1. The highest BCUT2D eigenvalue weighted by atomic mass is 14.4. The maximum absolute atomic E-state index is 4.00. The van der Waals surface area contributed by atoms with Crippen molar-refractivity contribution < 1.29 is 0 Å². The molecule has 2 aliphatic rings. The quantitative estimate of drug-likeness (QED) is 0.431. The number of hydrogen-bond acceptors (Lipinski definition) is 0. The number of rotatable bonds is 2. The SMILES string of the molecule is C#C.CC1=C/CCCCCCCC(C2CCCCC2c2ccc(C)cc2C)C/C=C\1. The molecular weight excluding hydrogens is 360 g/mol. The second-order valence-corrected chi connectivity index (χ2v) is 9.61. The van der Waals surface area contributed by atoms with E-state index in [4.69, 9.17) is 0 Å². The van der Waals surface area contributed by atoms with E-state index in [1.165, 1.54) is 93.7 Å². The molecule has 0 radical (unpaired) electrons. The second-order valence-electron chi connectivity index (χ2n) is 9.61. The topological polar surface area (TPSA) is 0 Å².